The van der Waals surface area contributed by atoms with Crippen LogP contribution < -0.4 is 0 Å². The van der Waals surface area contributed by atoms with E-state index < -0.39 is 23.4 Å². The Bertz CT molecular complexity index is 279. The van der Waals surface area contributed by atoms with Crippen molar-refractivity contribution in [2.45, 2.75) is 18.3 Å². The molecule has 0 radical (unpaired) electrons. The average molecular weight is 204 g/mol. The Morgan fingerprint density at radius 3 is 3.07 bits per heavy atom. The standard InChI is InChI=1S/C6H8N2O6/c9-7-3-1-12-6-4(14-8(10)11)2-13-5(3)6/h4-6,9H,1-2H2/b7-3-/t4-,5+,6+/m0/s1. The average Bonchev–Trinajstić information content (AvgIpc) is 2.67. The summed E-state index contributed by atoms with van der Waals surface area (Å²) in [7, 11) is 0. The van der Waals surface area contributed by atoms with Crippen molar-refractivity contribution in [2.75, 3.05) is 13.2 Å². The summed E-state index contributed by atoms with van der Waals surface area (Å²) in [6, 6.07) is 0. The van der Waals surface area contributed by atoms with E-state index >= 15 is 0 Å². The Morgan fingerprint density at radius 1 is 1.64 bits per heavy atom. The first-order chi connectivity index (χ1) is 6.72. The lowest BCUT2D eigenvalue weighted by atomic mass is 10.1. The van der Waals surface area contributed by atoms with E-state index in [-0.39, 0.29) is 13.2 Å². The molecule has 2 rings (SSSR count). The second-order valence-corrected chi connectivity index (χ2v) is 2.99. The van der Waals surface area contributed by atoms with E-state index in [0.29, 0.717) is 5.71 Å². The molecule has 8 heteroatoms. The molecule has 0 spiro atoms. The Balaban J connectivity index is 2.04. The molecule has 1 N–H and O–H groups in total. The maximum atomic E-state index is 10.1. The minimum atomic E-state index is -0.881. The zero-order chi connectivity index (χ0) is 10.1. The largest absolute Gasteiger partial charge is 0.411 e. The van der Waals surface area contributed by atoms with Gasteiger partial charge in [0.2, 0.25) is 0 Å². The highest BCUT2D eigenvalue weighted by Crippen LogP contribution is 2.26. The minimum absolute atomic E-state index is 0.0648. The van der Waals surface area contributed by atoms with Gasteiger partial charge < -0.3 is 19.5 Å². The van der Waals surface area contributed by atoms with Gasteiger partial charge in [0, 0.05) is 0 Å². The molecule has 3 atom stereocenters. The van der Waals surface area contributed by atoms with Crippen LogP contribution in [-0.2, 0) is 14.3 Å². The van der Waals surface area contributed by atoms with Gasteiger partial charge in [-0.3, -0.25) is 0 Å². The third-order valence-corrected chi connectivity index (χ3v) is 2.21. The fourth-order valence-electron chi connectivity index (χ4n) is 1.61. The first-order valence-corrected chi connectivity index (χ1v) is 3.97. The van der Waals surface area contributed by atoms with Gasteiger partial charge in [-0.05, 0) is 0 Å². The number of hydrogen-bond acceptors (Lipinski definition) is 7. The van der Waals surface area contributed by atoms with Gasteiger partial charge in [0.05, 0.1) is 13.2 Å². The van der Waals surface area contributed by atoms with Crippen LogP contribution in [0.15, 0.2) is 5.16 Å². The number of rotatable bonds is 2. The lowest BCUT2D eigenvalue weighted by Gasteiger charge is -2.12. The predicted molar refractivity (Wildman–Crippen MR) is 40.6 cm³/mol. The van der Waals surface area contributed by atoms with Crippen LogP contribution in [0.25, 0.3) is 0 Å². The highest BCUT2D eigenvalue weighted by Gasteiger charge is 2.48. The molecule has 0 amide bonds. The molecule has 78 valence electrons. The molecular weight excluding hydrogens is 196 g/mol. The van der Waals surface area contributed by atoms with E-state index in [0.717, 1.165) is 0 Å². The lowest BCUT2D eigenvalue weighted by molar-refractivity contribution is -0.769. The maximum Gasteiger partial charge on any atom is 0.294 e. The van der Waals surface area contributed by atoms with Crippen LogP contribution in [-0.4, -0.2) is 47.5 Å². The molecule has 2 heterocycles. The second-order valence-electron chi connectivity index (χ2n) is 2.99. The van der Waals surface area contributed by atoms with Gasteiger partial charge in [0.15, 0.2) is 6.10 Å². The van der Waals surface area contributed by atoms with E-state index in [1.807, 2.05) is 0 Å². The Kier molecular flexibility index (Phi) is 2.22. The van der Waals surface area contributed by atoms with E-state index in [1.165, 1.54) is 0 Å². The van der Waals surface area contributed by atoms with Crippen molar-refractivity contribution in [3.8, 4) is 0 Å². The number of hydrogen-bond donors (Lipinski definition) is 1. The summed E-state index contributed by atoms with van der Waals surface area (Å²) in [5.41, 5.74) is 0.337. The zero-order valence-electron chi connectivity index (χ0n) is 7.03. The number of nitrogens with zero attached hydrogens (tertiary/aromatic N) is 2. The molecule has 0 aromatic carbocycles. The molecule has 0 bridgehead atoms. The Morgan fingerprint density at radius 2 is 2.43 bits per heavy atom. The maximum absolute atomic E-state index is 10.1. The van der Waals surface area contributed by atoms with Gasteiger partial charge in [-0.25, -0.2) is 0 Å². The molecule has 0 aromatic heterocycles. The Hall–Kier alpha value is -1.41. The van der Waals surface area contributed by atoms with Gasteiger partial charge in [-0.15, -0.1) is 10.1 Å². The number of ether oxygens (including phenoxy) is 2. The van der Waals surface area contributed by atoms with Crippen molar-refractivity contribution < 1.29 is 24.6 Å². The fraction of sp³-hybridized carbons (Fsp3) is 0.833. The van der Waals surface area contributed by atoms with E-state index in [9.17, 15) is 10.1 Å². The molecular formula is C6H8N2O6. The highest BCUT2D eigenvalue weighted by molar-refractivity contribution is 5.92. The van der Waals surface area contributed by atoms with Crippen LogP contribution in [0.3, 0.4) is 0 Å². The molecule has 2 saturated heterocycles. The van der Waals surface area contributed by atoms with E-state index in [4.69, 9.17) is 14.7 Å². The summed E-state index contributed by atoms with van der Waals surface area (Å²) in [6.45, 7) is 0.179. The van der Waals surface area contributed by atoms with Crippen molar-refractivity contribution in [3.63, 3.8) is 0 Å². The highest BCUT2D eigenvalue weighted by atomic mass is 17.0. The summed E-state index contributed by atoms with van der Waals surface area (Å²) in [5.74, 6) is 0. The van der Waals surface area contributed by atoms with Crippen molar-refractivity contribution >= 4 is 5.71 Å². The minimum Gasteiger partial charge on any atom is -0.411 e. The zero-order valence-corrected chi connectivity index (χ0v) is 7.03. The second kappa shape index (κ2) is 3.39. The third kappa shape index (κ3) is 1.38. The smallest absolute Gasteiger partial charge is 0.294 e. The van der Waals surface area contributed by atoms with Crippen molar-refractivity contribution in [1.29, 1.82) is 0 Å². The third-order valence-electron chi connectivity index (χ3n) is 2.21. The SMILES string of the molecule is O=[N+]([O-])O[C@H]1CO[C@@H]2/C(=N\O)CO[C@H]12. The first-order valence-electron chi connectivity index (χ1n) is 3.97. The molecule has 0 saturated carbocycles. The molecule has 14 heavy (non-hydrogen) atoms. The quantitative estimate of drug-likeness (QED) is 0.358. The molecule has 0 unspecified atom stereocenters. The Labute approximate surface area is 78.1 Å². The summed E-state index contributed by atoms with van der Waals surface area (Å²) in [5, 5.41) is 20.7. The van der Waals surface area contributed by atoms with Gasteiger partial charge in [0.1, 0.15) is 17.9 Å². The van der Waals surface area contributed by atoms with Crippen LogP contribution in [0.2, 0.25) is 0 Å². The van der Waals surface area contributed by atoms with E-state index in [1.54, 1.807) is 0 Å². The molecule has 2 aliphatic heterocycles. The van der Waals surface area contributed by atoms with Crippen molar-refractivity contribution in [1.82, 2.24) is 0 Å². The summed E-state index contributed by atoms with van der Waals surface area (Å²) in [6.07, 6.45) is -1.81. The first kappa shape index (κ1) is 9.16. The summed E-state index contributed by atoms with van der Waals surface area (Å²) < 4.78 is 10.3. The monoisotopic (exact) mass is 204 g/mol. The molecule has 0 aromatic rings. The van der Waals surface area contributed by atoms with Crippen molar-refractivity contribution in [2.24, 2.45) is 5.16 Å². The molecule has 0 aliphatic carbocycles. The number of fused-ring (bicyclic) bond motifs is 1. The summed E-state index contributed by atoms with van der Waals surface area (Å²) >= 11 is 0. The normalized spacial score (nSPS) is 38.6. The van der Waals surface area contributed by atoms with Crippen LogP contribution in [0.4, 0.5) is 0 Å². The molecule has 8 nitrogen and oxygen atoms in total. The van der Waals surface area contributed by atoms with Crippen LogP contribution in [0.5, 0.6) is 0 Å². The van der Waals surface area contributed by atoms with E-state index in [2.05, 4.69) is 9.99 Å². The van der Waals surface area contributed by atoms with Crippen LogP contribution in [0, 0.1) is 10.1 Å². The summed E-state index contributed by atoms with van der Waals surface area (Å²) in [4.78, 5) is 14.4. The van der Waals surface area contributed by atoms with Gasteiger partial charge in [-0.2, -0.15) is 0 Å². The predicted octanol–water partition coefficient (Wildman–Crippen LogP) is -0.809. The van der Waals surface area contributed by atoms with Gasteiger partial charge >= 0.3 is 0 Å². The van der Waals surface area contributed by atoms with Gasteiger partial charge in [-0.1, -0.05) is 5.16 Å². The topological polar surface area (TPSA) is 103 Å². The molecule has 2 fully saturated rings. The van der Waals surface area contributed by atoms with Crippen molar-refractivity contribution in [3.05, 3.63) is 10.1 Å². The fourth-order valence-corrected chi connectivity index (χ4v) is 1.61. The number of oxime groups is 1. The lowest BCUT2D eigenvalue weighted by Crippen LogP contribution is -2.32. The van der Waals surface area contributed by atoms with Crippen LogP contribution in [0.1, 0.15) is 0 Å². The molecule has 2 aliphatic rings. The van der Waals surface area contributed by atoms with Crippen LogP contribution >= 0.6 is 0 Å². The van der Waals surface area contributed by atoms with Gasteiger partial charge in [0.25, 0.3) is 5.09 Å².